The van der Waals surface area contributed by atoms with Crippen LogP contribution in [0.4, 0.5) is 26.3 Å². The second-order valence-corrected chi connectivity index (χ2v) is 1.82. The zero-order valence-corrected chi connectivity index (χ0v) is 6.71. The van der Waals surface area contributed by atoms with Gasteiger partial charge >= 0.3 is 12.4 Å². The molecule has 0 saturated carbocycles. The highest BCUT2D eigenvalue weighted by Crippen LogP contribution is 2.22. The van der Waals surface area contributed by atoms with Gasteiger partial charge in [-0.15, -0.1) is 6.58 Å². The highest BCUT2D eigenvalue weighted by Gasteiger charge is 2.29. The molecule has 13 heavy (non-hydrogen) atoms. The highest BCUT2D eigenvalue weighted by atomic mass is 19.4. The zero-order chi connectivity index (χ0) is 11.1. The molecule has 0 rings (SSSR count). The fourth-order valence-corrected chi connectivity index (χ4v) is 0.189. The summed E-state index contributed by atoms with van der Waals surface area (Å²) in [5.74, 6) is 0. The molecule has 0 aliphatic rings. The Labute approximate surface area is 71.5 Å². The summed E-state index contributed by atoms with van der Waals surface area (Å²) in [4.78, 5) is 0. The second-order valence-electron chi connectivity index (χ2n) is 1.82. The van der Waals surface area contributed by atoms with E-state index < -0.39 is 24.5 Å². The molecule has 0 aliphatic heterocycles. The largest absolute Gasteiger partial charge is 0.409 e. The van der Waals surface area contributed by atoms with Crippen molar-refractivity contribution < 1.29 is 26.3 Å². The van der Waals surface area contributed by atoms with Gasteiger partial charge in [-0.3, -0.25) is 0 Å². The normalized spacial score (nSPS) is 12.2. The fraction of sp³-hybridized carbons (Fsp3) is 0.429. The number of rotatable bonds is 0. The summed E-state index contributed by atoms with van der Waals surface area (Å²) in [6, 6.07) is 0. The molecule has 6 heteroatoms. The maximum absolute atomic E-state index is 11.0. The first kappa shape index (κ1) is 14.6. The standard InChI is InChI=1S/C4H2F6.C3H6/c5-3(6,7)1-2-4(8,9)10;1-3-2/h1-2H;3H,1H2,2H3/b2-1+;. The topological polar surface area (TPSA) is 0 Å². The van der Waals surface area contributed by atoms with Crippen molar-refractivity contribution >= 4 is 0 Å². The first-order chi connectivity index (χ1) is 5.62. The van der Waals surface area contributed by atoms with Crippen molar-refractivity contribution in [2.75, 3.05) is 0 Å². The Balaban J connectivity index is 0. The van der Waals surface area contributed by atoms with Gasteiger partial charge < -0.3 is 0 Å². The van der Waals surface area contributed by atoms with E-state index in [9.17, 15) is 26.3 Å². The lowest BCUT2D eigenvalue weighted by Gasteiger charge is -1.99. The molecule has 0 unspecified atom stereocenters. The Kier molecular flexibility index (Phi) is 6.35. The molecule has 0 aliphatic carbocycles. The Morgan fingerprint density at radius 1 is 0.846 bits per heavy atom. The quantitative estimate of drug-likeness (QED) is 0.417. The van der Waals surface area contributed by atoms with Gasteiger partial charge in [-0.1, -0.05) is 6.08 Å². The monoisotopic (exact) mass is 206 g/mol. The lowest BCUT2D eigenvalue weighted by molar-refractivity contribution is -0.0981. The summed E-state index contributed by atoms with van der Waals surface area (Å²) in [5.41, 5.74) is 0. The van der Waals surface area contributed by atoms with E-state index in [1.165, 1.54) is 0 Å². The predicted molar refractivity (Wildman–Crippen MR) is 37.1 cm³/mol. The number of hydrogen-bond donors (Lipinski definition) is 0. The number of hydrogen-bond acceptors (Lipinski definition) is 0. The third-order valence-corrected chi connectivity index (χ3v) is 0.461. The molecule has 0 fully saturated rings. The van der Waals surface area contributed by atoms with Crippen molar-refractivity contribution in [3.05, 3.63) is 24.8 Å². The third-order valence-electron chi connectivity index (χ3n) is 0.461. The number of alkyl halides is 6. The molecule has 0 aromatic heterocycles. The Bertz CT molecular complexity index is 145. The predicted octanol–water partition coefficient (Wildman–Crippen LogP) is 3.86. The Morgan fingerprint density at radius 3 is 1.08 bits per heavy atom. The van der Waals surface area contributed by atoms with Crippen LogP contribution < -0.4 is 0 Å². The van der Waals surface area contributed by atoms with Crippen LogP contribution in [0.1, 0.15) is 6.92 Å². The van der Waals surface area contributed by atoms with E-state index in [0.717, 1.165) is 0 Å². The average molecular weight is 206 g/mol. The van der Waals surface area contributed by atoms with E-state index in [0.29, 0.717) is 0 Å². The molecule has 0 heterocycles. The van der Waals surface area contributed by atoms with Crippen LogP contribution in [0.2, 0.25) is 0 Å². The van der Waals surface area contributed by atoms with Gasteiger partial charge in [0, 0.05) is 12.2 Å². The first-order valence-corrected chi connectivity index (χ1v) is 3.03. The van der Waals surface area contributed by atoms with E-state index in [1.807, 2.05) is 6.92 Å². The van der Waals surface area contributed by atoms with Crippen molar-refractivity contribution in [1.82, 2.24) is 0 Å². The molecule has 0 aromatic rings. The summed E-state index contributed by atoms with van der Waals surface area (Å²) in [7, 11) is 0. The molecular formula is C7H8F6. The smallest absolute Gasteiger partial charge is 0.167 e. The summed E-state index contributed by atoms with van der Waals surface area (Å²) >= 11 is 0. The van der Waals surface area contributed by atoms with E-state index in [-0.39, 0.29) is 0 Å². The van der Waals surface area contributed by atoms with E-state index in [4.69, 9.17) is 0 Å². The minimum Gasteiger partial charge on any atom is -0.167 e. The molecule has 78 valence electrons. The minimum absolute atomic E-state index is 0.854. The van der Waals surface area contributed by atoms with Crippen LogP contribution >= 0.6 is 0 Å². The Hall–Kier alpha value is -0.940. The SMILES string of the molecule is C=CC.FC(F)(F)/C=C/C(F)(F)F. The maximum Gasteiger partial charge on any atom is 0.409 e. The lowest BCUT2D eigenvalue weighted by Crippen LogP contribution is -2.07. The zero-order valence-electron chi connectivity index (χ0n) is 6.71. The lowest BCUT2D eigenvalue weighted by atomic mass is 10.5. The van der Waals surface area contributed by atoms with Gasteiger partial charge in [0.25, 0.3) is 0 Å². The molecule has 0 amide bonds. The van der Waals surface area contributed by atoms with Gasteiger partial charge in [0.15, 0.2) is 0 Å². The highest BCUT2D eigenvalue weighted by molar-refractivity contribution is 4.93. The fourth-order valence-electron chi connectivity index (χ4n) is 0.189. The van der Waals surface area contributed by atoms with E-state index in [2.05, 4.69) is 6.58 Å². The van der Waals surface area contributed by atoms with Crippen LogP contribution in [0.3, 0.4) is 0 Å². The summed E-state index contributed by atoms with van der Waals surface area (Å²) in [6.45, 7) is 5.25. The number of allylic oxidation sites excluding steroid dienone is 3. The summed E-state index contributed by atoms with van der Waals surface area (Å²) < 4.78 is 66.0. The minimum atomic E-state index is -4.89. The van der Waals surface area contributed by atoms with Crippen LogP contribution in [-0.4, -0.2) is 12.4 Å². The third kappa shape index (κ3) is 24.7. The van der Waals surface area contributed by atoms with Gasteiger partial charge in [0.05, 0.1) is 0 Å². The summed E-state index contributed by atoms with van der Waals surface area (Å²) in [5, 5.41) is 0. The molecule has 0 aromatic carbocycles. The van der Waals surface area contributed by atoms with Gasteiger partial charge in [-0.05, 0) is 6.92 Å². The molecule has 0 atom stereocenters. The van der Waals surface area contributed by atoms with Crippen LogP contribution in [0.5, 0.6) is 0 Å². The molecule has 0 spiro atoms. The Morgan fingerprint density at radius 2 is 1.00 bits per heavy atom. The van der Waals surface area contributed by atoms with Crippen molar-refractivity contribution in [3.8, 4) is 0 Å². The summed E-state index contributed by atoms with van der Waals surface area (Å²) in [6.07, 6.45) is -9.75. The molecular weight excluding hydrogens is 198 g/mol. The van der Waals surface area contributed by atoms with Crippen LogP contribution in [0.25, 0.3) is 0 Å². The van der Waals surface area contributed by atoms with Gasteiger partial charge in [-0.25, -0.2) is 0 Å². The van der Waals surface area contributed by atoms with E-state index in [1.54, 1.807) is 6.08 Å². The van der Waals surface area contributed by atoms with Crippen LogP contribution in [0.15, 0.2) is 24.8 Å². The van der Waals surface area contributed by atoms with Crippen LogP contribution in [-0.2, 0) is 0 Å². The second kappa shape index (κ2) is 5.66. The van der Waals surface area contributed by atoms with Crippen molar-refractivity contribution in [1.29, 1.82) is 0 Å². The molecule has 0 radical (unpaired) electrons. The first-order valence-electron chi connectivity index (χ1n) is 3.03. The average Bonchev–Trinajstić information content (AvgIpc) is 1.82. The molecule has 0 nitrogen and oxygen atoms in total. The maximum atomic E-state index is 11.0. The molecule has 0 saturated heterocycles. The van der Waals surface area contributed by atoms with E-state index >= 15 is 0 Å². The number of halogens is 6. The van der Waals surface area contributed by atoms with Gasteiger partial charge in [-0.2, -0.15) is 26.3 Å². The molecule has 0 N–H and O–H groups in total. The molecule has 0 bridgehead atoms. The van der Waals surface area contributed by atoms with Gasteiger partial charge in [0.2, 0.25) is 0 Å². The van der Waals surface area contributed by atoms with Crippen molar-refractivity contribution in [2.24, 2.45) is 0 Å². The van der Waals surface area contributed by atoms with Crippen molar-refractivity contribution in [3.63, 3.8) is 0 Å². The van der Waals surface area contributed by atoms with Gasteiger partial charge in [0.1, 0.15) is 0 Å². The van der Waals surface area contributed by atoms with Crippen LogP contribution in [0, 0.1) is 0 Å². The van der Waals surface area contributed by atoms with Crippen molar-refractivity contribution in [2.45, 2.75) is 19.3 Å².